The second-order valence-corrected chi connectivity index (χ2v) is 10.1. The van der Waals surface area contributed by atoms with Crippen LogP contribution in [0.3, 0.4) is 0 Å². The number of piperazine rings is 1. The van der Waals surface area contributed by atoms with Gasteiger partial charge in [-0.2, -0.15) is 4.31 Å². The molecule has 0 radical (unpaired) electrons. The highest BCUT2D eigenvalue weighted by molar-refractivity contribution is 7.89. The highest BCUT2D eigenvalue weighted by atomic mass is 32.2. The van der Waals surface area contributed by atoms with Crippen molar-refractivity contribution in [2.75, 3.05) is 32.7 Å². The Kier molecular flexibility index (Phi) is 6.31. The number of Topliss-reactive ketones (excluding diaryl/α,β-unsaturated/α-hetero) is 1. The highest BCUT2D eigenvalue weighted by Crippen LogP contribution is 2.22. The zero-order chi connectivity index (χ0) is 21.3. The Morgan fingerprint density at radius 2 is 1.69 bits per heavy atom. The first-order valence-corrected chi connectivity index (χ1v) is 11.6. The van der Waals surface area contributed by atoms with E-state index in [1.807, 2.05) is 37.8 Å². The Labute approximate surface area is 174 Å². The molecule has 0 aliphatic carbocycles. The summed E-state index contributed by atoms with van der Waals surface area (Å²) in [6, 6.07) is 9.28. The third kappa shape index (κ3) is 4.47. The molecule has 0 bridgehead atoms. The number of hydrogen-bond donors (Lipinski definition) is 0. The number of ketones is 1. The number of carbonyl (C=O) groups is 1. The van der Waals surface area contributed by atoms with Crippen molar-refractivity contribution in [3.8, 4) is 0 Å². The largest absolute Gasteiger partial charge is 0.346 e. The summed E-state index contributed by atoms with van der Waals surface area (Å²) < 4.78 is 29.5. The fourth-order valence-electron chi connectivity index (χ4n) is 4.20. The molecule has 0 saturated carbocycles. The fraction of sp³-hybridized carbons (Fsp3) is 0.500. The second-order valence-electron chi connectivity index (χ2n) is 8.17. The third-order valence-electron chi connectivity index (χ3n) is 5.63. The summed E-state index contributed by atoms with van der Waals surface area (Å²) in [5.74, 6) is 0.0972. The first kappa shape index (κ1) is 21.7. The second kappa shape index (κ2) is 8.42. The molecule has 2 aromatic rings. The molecule has 0 atom stereocenters. The van der Waals surface area contributed by atoms with Gasteiger partial charge in [0, 0.05) is 49.2 Å². The summed E-state index contributed by atoms with van der Waals surface area (Å²) in [6.45, 7) is 12.4. The topological polar surface area (TPSA) is 62.6 Å². The minimum absolute atomic E-state index is 0.0972. The summed E-state index contributed by atoms with van der Waals surface area (Å²) in [7, 11) is -3.49. The molecule has 29 heavy (non-hydrogen) atoms. The zero-order valence-electron chi connectivity index (χ0n) is 18.0. The lowest BCUT2D eigenvalue weighted by Crippen LogP contribution is -2.49. The van der Waals surface area contributed by atoms with Crippen LogP contribution < -0.4 is 0 Å². The van der Waals surface area contributed by atoms with Crippen molar-refractivity contribution in [2.24, 2.45) is 0 Å². The quantitative estimate of drug-likeness (QED) is 0.677. The van der Waals surface area contributed by atoms with E-state index in [-0.39, 0.29) is 5.78 Å². The van der Waals surface area contributed by atoms with Crippen molar-refractivity contribution in [1.82, 2.24) is 13.8 Å². The van der Waals surface area contributed by atoms with Crippen molar-refractivity contribution >= 4 is 15.8 Å². The van der Waals surface area contributed by atoms with Crippen molar-refractivity contribution in [3.05, 3.63) is 52.8 Å². The molecule has 3 rings (SSSR count). The summed E-state index contributed by atoms with van der Waals surface area (Å²) in [6.07, 6.45) is 0. The molecule has 2 heterocycles. The van der Waals surface area contributed by atoms with Crippen LogP contribution in [-0.4, -0.2) is 60.7 Å². The number of nitrogens with zero attached hydrogens (tertiary/aromatic N) is 3. The monoisotopic (exact) mass is 417 g/mol. The van der Waals surface area contributed by atoms with Crippen LogP contribution in [0.1, 0.15) is 47.2 Å². The molecule has 1 saturated heterocycles. The molecular formula is C22H31N3O3S. The van der Waals surface area contributed by atoms with Crippen LogP contribution in [0.25, 0.3) is 0 Å². The predicted octanol–water partition coefficient (Wildman–Crippen LogP) is 3.18. The van der Waals surface area contributed by atoms with Crippen LogP contribution in [0.5, 0.6) is 0 Å². The molecule has 0 N–H and O–H groups in total. The molecule has 158 valence electrons. The average molecular weight is 418 g/mol. The van der Waals surface area contributed by atoms with E-state index in [1.165, 1.54) is 4.31 Å². The fourth-order valence-corrected chi connectivity index (χ4v) is 5.72. The average Bonchev–Trinajstić information content (AvgIpc) is 2.96. The smallest absolute Gasteiger partial charge is 0.243 e. The van der Waals surface area contributed by atoms with E-state index in [1.54, 1.807) is 18.2 Å². The normalized spacial score (nSPS) is 16.5. The number of sulfonamides is 1. The van der Waals surface area contributed by atoms with Crippen LogP contribution in [-0.2, 0) is 10.0 Å². The Bertz CT molecular complexity index is 1000. The Balaban J connectivity index is 1.64. The van der Waals surface area contributed by atoms with Crippen molar-refractivity contribution in [3.63, 3.8) is 0 Å². The summed E-state index contributed by atoms with van der Waals surface area (Å²) in [4.78, 5) is 15.3. The van der Waals surface area contributed by atoms with Gasteiger partial charge in [0.05, 0.1) is 11.4 Å². The van der Waals surface area contributed by atoms with E-state index in [0.29, 0.717) is 43.7 Å². The molecule has 1 aromatic carbocycles. The molecule has 1 fully saturated rings. The molecule has 0 amide bonds. The number of aromatic nitrogens is 1. The molecule has 1 aliphatic heterocycles. The minimum atomic E-state index is -3.49. The minimum Gasteiger partial charge on any atom is -0.346 e. The first-order valence-electron chi connectivity index (χ1n) is 10.1. The van der Waals surface area contributed by atoms with E-state index >= 15 is 0 Å². The molecular weight excluding hydrogens is 386 g/mol. The Hall–Kier alpha value is -1.96. The molecule has 6 nitrogen and oxygen atoms in total. The predicted molar refractivity (Wildman–Crippen MR) is 115 cm³/mol. The molecule has 1 aliphatic rings. The first-order chi connectivity index (χ1) is 13.6. The van der Waals surface area contributed by atoms with Crippen LogP contribution in [0.2, 0.25) is 0 Å². The number of aryl methyl sites for hydroxylation is 2. The SMILES string of the molecule is Cc1cccc(S(=O)(=O)N2CCN(CC(=O)c3cc(C)n(C(C)C)c3C)CC2)c1. The molecule has 0 spiro atoms. The molecule has 1 aromatic heterocycles. The number of carbonyl (C=O) groups excluding carboxylic acids is 1. The van der Waals surface area contributed by atoms with E-state index in [0.717, 1.165) is 22.5 Å². The number of benzene rings is 1. The zero-order valence-corrected chi connectivity index (χ0v) is 18.8. The maximum atomic E-state index is 12.9. The van der Waals surface area contributed by atoms with Gasteiger partial charge < -0.3 is 4.57 Å². The lowest BCUT2D eigenvalue weighted by Gasteiger charge is -2.33. The van der Waals surface area contributed by atoms with E-state index < -0.39 is 10.0 Å². The molecule has 0 unspecified atom stereocenters. The van der Waals surface area contributed by atoms with Crippen LogP contribution in [0.4, 0.5) is 0 Å². The van der Waals surface area contributed by atoms with E-state index in [2.05, 4.69) is 18.4 Å². The van der Waals surface area contributed by atoms with Gasteiger partial charge in [-0.3, -0.25) is 9.69 Å². The van der Waals surface area contributed by atoms with Crippen molar-refractivity contribution < 1.29 is 13.2 Å². The summed E-state index contributed by atoms with van der Waals surface area (Å²) in [5, 5.41) is 0. The van der Waals surface area contributed by atoms with E-state index in [4.69, 9.17) is 0 Å². The van der Waals surface area contributed by atoms with E-state index in [9.17, 15) is 13.2 Å². The maximum absolute atomic E-state index is 12.9. The van der Waals surface area contributed by atoms with Gasteiger partial charge in [0.25, 0.3) is 0 Å². The Morgan fingerprint density at radius 3 is 2.24 bits per heavy atom. The summed E-state index contributed by atoms with van der Waals surface area (Å²) >= 11 is 0. The maximum Gasteiger partial charge on any atom is 0.243 e. The summed E-state index contributed by atoms with van der Waals surface area (Å²) in [5.41, 5.74) is 3.79. The van der Waals surface area contributed by atoms with Crippen LogP contribution in [0.15, 0.2) is 35.2 Å². The Morgan fingerprint density at radius 1 is 1.03 bits per heavy atom. The van der Waals surface area contributed by atoms with Crippen LogP contribution in [0, 0.1) is 20.8 Å². The van der Waals surface area contributed by atoms with Gasteiger partial charge in [-0.1, -0.05) is 12.1 Å². The van der Waals surface area contributed by atoms with Gasteiger partial charge >= 0.3 is 0 Å². The lowest BCUT2D eigenvalue weighted by atomic mass is 10.1. The van der Waals surface area contributed by atoms with Gasteiger partial charge in [0.2, 0.25) is 10.0 Å². The number of rotatable bonds is 6. The van der Waals surface area contributed by atoms with Gasteiger partial charge in [-0.25, -0.2) is 8.42 Å². The van der Waals surface area contributed by atoms with Gasteiger partial charge in [0.1, 0.15) is 0 Å². The van der Waals surface area contributed by atoms with Gasteiger partial charge in [-0.05, 0) is 58.4 Å². The third-order valence-corrected chi connectivity index (χ3v) is 7.52. The lowest BCUT2D eigenvalue weighted by molar-refractivity contribution is 0.0901. The van der Waals surface area contributed by atoms with Crippen LogP contribution >= 0.6 is 0 Å². The van der Waals surface area contributed by atoms with Gasteiger partial charge in [-0.15, -0.1) is 0 Å². The molecule has 7 heteroatoms. The standard InChI is InChI=1S/C22H31N3O3S/c1-16(2)25-18(4)14-21(19(25)5)22(26)15-23-9-11-24(12-10-23)29(27,28)20-8-6-7-17(3)13-20/h6-8,13-14,16H,9-12,15H2,1-5H3. The number of hydrogen-bond acceptors (Lipinski definition) is 4. The van der Waals surface area contributed by atoms with Crippen molar-refractivity contribution in [2.45, 2.75) is 45.6 Å². The highest BCUT2D eigenvalue weighted by Gasteiger charge is 2.29. The van der Waals surface area contributed by atoms with Crippen molar-refractivity contribution in [1.29, 1.82) is 0 Å². The van der Waals surface area contributed by atoms with Gasteiger partial charge in [0.15, 0.2) is 5.78 Å².